The van der Waals surface area contributed by atoms with Gasteiger partial charge in [0.15, 0.2) is 5.65 Å². The van der Waals surface area contributed by atoms with Gasteiger partial charge in [-0.15, -0.1) is 0 Å². The second kappa shape index (κ2) is 7.09. The molecule has 0 spiro atoms. The zero-order valence-corrected chi connectivity index (χ0v) is 17.7. The van der Waals surface area contributed by atoms with Crippen molar-refractivity contribution in [2.24, 2.45) is 0 Å². The number of carboxylic acids is 1. The summed E-state index contributed by atoms with van der Waals surface area (Å²) in [6.45, 7) is 3.93. The highest BCUT2D eigenvalue weighted by Gasteiger charge is 2.23. The lowest BCUT2D eigenvalue weighted by Crippen LogP contribution is -2.39. The van der Waals surface area contributed by atoms with Crippen LogP contribution in [0.2, 0.25) is 0 Å². The normalized spacial score (nSPS) is 15.5. The zero-order valence-electron chi connectivity index (χ0n) is 17.7. The molecule has 8 bridgehead atoms. The van der Waals surface area contributed by atoms with Crippen molar-refractivity contribution in [3.8, 4) is 16.9 Å². The number of hydrogen-bond donors (Lipinski definition) is 2. The molecule has 160 valence electrons. The predicted molar refractivity (Wildman–Crippen MR) is 125 cm³/mol. The quantitative estimate of drug-likeness (QED) is 0.468. The standard InChI is InChI=1S/C25H23N5O2/c1-15-10-16-12-19(11-15)29-7-4-17(5-8-29)27-22-13-18(2-3-20(22)25(31)32)30-9-6-21-24(30)28-23(16)14-26-21/h2-3,6,9-14,17,27H,4-5,7-8H2,1H3,(H,31,32). The Morgan fingerprint density at radius 3 is 2.75 bits per heavy atom. The first-order chi connectivity index (χ1) is 15.5. The molecule has 7 rings (SSSR count). The van der Waals surface area contributed by atoms with Crippen LogP contribution in [0.1, 0.15) is 28.8 Å². The monoisotopic (exact) mass is 425 g/mol. The van der Waals surface area contributed by atoms with Gasteiger partial charge < -0.3 is 15.3 Å². The van der Waals surface area contributed by atoms with Crippen LogP contribution in [0.5, 0.6) is 0 Å². The fourth-order valence-corrected chi connectivity index (χ4v) is 4.83. The highest BCUT2D eigenvalue weighted by Crippen LogP contribution is 2.31. The minimum atomic E-state index is -0.930. The smallest absolute Gasteiger partial charge is 0.337 e. The first-order valence-corrected chi connectivity index (χ1v) is 10.9. The van der Waals surface area contributed by atoms with E-state index in [2.05, 4.69) is 40.3 Å². The van der Waals surface area contributed by atoms with Gasteiger partial charge in [-0.3, -0.25) is 9.55 Å². The Kier molecular flexibility index (Phi) is 4.18. The fourth-order valence-electron chi connectivity index (χ4n) is 4.83. The van der Waals surface area contributed by atoms with Gasteiger partial charge in [-0.2, -0.15) is 0 Å². The number of aryl methyl sites for hydroxylation is 1. The summed E-state index contributed by atoms with van der Waals surface area (Å²) in [7, 11) is 0. The van der Waals surface area contributed by atoms with E-state index in [1.54, 1.807) is 6.07 Å². The number of carboxylic acid groups (broad SMARTS) is 1. The Labute approximate surface area is 185 Å². The van der Waals surface area contributed by atoms with Gasteiger partial charge in [0.05, 0.1) is 23.1 Å². The number of nitrogens with one attached hydrogen (secondary N) is 1. The zero-order chi connectivity index (χ0) is 21.8. The average Bonchev–Trinajstić information content (AvgIpc) is 3.22. The van der Waals surface area contributed by atoms with Crippen LogP contribution in [0.3, 0.4) is 0 Å². The van der Waals surface area contributed by atoms with E-state index >= 15 is 0 Å². The van der Waals surface area contributed by atoms with Gasteiger partial charge >= 0.3 is 5.97 Å². The van der Waals surface area contributed by atoms with Crippen LogP contribution in [0.4, 0.5) is 11.4 Å². The van der Waals surface area contributed by atoms with Gasteiger partial charge in [0.25, 0.3) is 0 Å². The van der Waals surface area contributed by atoms with Gasteiger partial charge in [0.2, 0.25) is 0 Å². The Morgan fingerprint density at radius 2 is 1.94 bits per heavy atom. The third kappa shape index (κ3) is 3.09. The van der Waals surface area contributed by atoms with Crippen molar-refractivity contribution >= 4 is 28.5 Å². The molecule has 1 fully saturated rings. The second-order valence-corrected chi connectivity index (χ2v) is 8.65. The summed E-state index contributed by atoms with van der Waals surface area (Å²) in [5.74, 6) is -0.930. The first-order valence-electron chi connectivity index (χ1n) is 10.9. The molecule has 4 aromatic rings. The van der Waals surface area contributed by atoms with Gasteiger partial charge in [-0.05, 0) is 67.8 Å². The summed E-state index contributed by atoms with van der Waals surface area (Å²) in [6.07, 6.45) is 5.64. The molecule has 1 saturated heterocycles. The number of piperidine rings is 1. The number of aromatic nitrogens is 3. The molecule has 2 aromatic heterocycles. The Balaban J connectivity index is 1.60. The summed E-state index contributed by atoms with van der Waals surface area (Å²) >= 11 is 0. The number of carbonyl (C=O) groups is 1. The van der Waals surface area contributed by atoms with Crippen LogP contribution in [0.25, 0.3) is 28.1 Å². The van der Waals surface area contributed by atoms with Crippen LogP contribution < -0.4 is 10.2 Å². The molecule has 7 nitrogen and oxygen atoms in total. The summed E-state index contributed by atoms with van der Waals surface area (Å²) in [5.41, 5.74) is 7.60. The summed E-state index contributed by atoms with van der Waals surface area (Å²) in [6, 6.07) is 14.1. The van der Waals surface area contributed by atoms with E-state index in [-0.39, 0.29) is 11.6 Å². The molecule has 0 saturated carbocycles. The molecule has 3 aliphatic rings. The van der Waals surface area contributed by atoms with Gasteiger partial charge in [0.1, 0.15) is 5.52 Å². The van der Waals surface area contributed by atoms with Crippen molar-refractivity contribution in [2.45, 2.75) is 25.8 Å². The number of rotatable bonds is 1. The van der Waals surface area contributed by atoms with Crippen LogP contribution in [0.15, 0.2) is 54.9 Å². The molecule has 3 aliphatic heterocycles. The SMILES string of the molecule is Cc1cc2cc(c1)N1CCC(CC1)Nc1cc(ccc1C(=O)O)-n1ccc3ncc-2nc31. The average molecular weight is 425 g/mol. The van der Waals surface area contributed by atoms with E-state index in [1.807, 2.05) is 35.2 Å². The summed E-state index contributed by atoms with van der Waals surface area (Å²) in [5, 5.41) is 13.3. The van der Waals surface area contributed by atoms with E-state index in [0.717, 1.165) is 54.0 Å². The predicted octanol–water partition coefficient (Wildman–Crippen LogP) is 4.49. The molecule has 0 unspecified atom stereocenters. The molecule has 0 amide bonds. The Morgan fingerprint density at radius 1 is 1.09 bits per heavy atom. The number of hydrogen-bond acceptors (Lipinski definition) is 5. The van der Waals surface area contributed by atoms with Gasteiger partial charge in [-0.1, -0.05) is 0 Å². The number of aromatic carboxylic acids is 1. The molecular formula is C25H23N5O2. The van der Waals surface area contributed by atoms with Crippen LogP contribution in [0, 0.1) is 6.92 Å². The molecule has 7 heteroatoms. The van der Waals surface area contributed by atoms with E-state index in [4.69, 9.17) is 4.98 Å². The summed E-state index contributed by atoms with van der Waals surface area (Å²) < 4.78 is 1.97. The van der Waals surface area contributed by atoms with Crippen LogP contribution in [-0.4, -0.2) is 44.7 Å². The van der Waals surface area contributed by atoms with Crippen molar-refractivity contribution in [3.63, 3.8) is 0 Å². The van der Waals surface area contributed by atoms with E-state index in [1.165, 1.54) is 11.3 Å². The number of benzene rings is 2. The fraction of sp³-hybridized carbons (Fsp3) is 0.240. The molecule has 5 heterocycles. The number of anilines is 2. The number of fused-ring (bicyclic) bond motifs is 2. The lowest BCUT2D eigenvalue weighted by atomic mass is 10.0. The molecule has 0 radical (unpaired) electrons. The molecule has 0 aliphatic carbocycles. The Bertz CT molecular complexity index is 1370. The Hall–Kier alpha value is -3.87. The second-order valence-electron chi connectivity index (χ2n) is 8.65. The minimum Gasteiger partial charge on any atom is -0.478 e. The maximum Gasteiger partial charge on any atom is 0.337 e. The lowest BCUT2D eigenvalue weighted by molar-refractivity contribution is 0.0698. The largest absolute Gasteiger partial charge is 0.478 e. The van der Waals surface area contributed by atoms with Gasteiger partial charge in [-0.25, -0.2) is 9.78 Å². The van der Waals surface area contributed by atoms with Crippen molar-refractivity contribution in [2.75, 3.05) is 23.3 Å². The highest BCUT2D eigenvalue weighted by atomic mass is 16.4. The maximum absolute atomic E-state index is 11.9. The van der Waals surface area contributed by atoms with Crippen molar-refractivity contribution < 1.29 is 9.90 Å². The third-order valence-electron chi connectivity index (χ3n) is 6.48. The lowest BCUT2D eigenvalue weighted by Gasteiger charge is -2.35. The van der Waals surface area contributed by atoms with Crippen molar-refractivity contribution in [3.05, 3.63) is 66.0 Å². The molecule has 0 atom stereocenters. The van der Waals surface area contributed by atoms with Crippen molar-refractivity contribution in [1.29, 1.82) is 0 Å². The maximum atomic E-state index is 11.9. The highest BCUT2D eigenvalue weighted by molar-refractivity contribution is 5.95. The van der Waals surface area contributed by atoms with Crippen LogP contribution in [-0.2, 0) is 0 Å². The molecule has 2 aromatic carbocycles. The third-order valence-corrected chi connectivity index (χ3v) is 6.48. The minimum absolute atomic E-state index is 0.222. The molecule has 32 heavy (non-hydrogen) atoms. The molecule has 2 N–H and O–H groups in total. The van der Waals surface area contributed by atoms with E-state index in [9.17, 15) is 9.90 Å². The van der Waals surface area contributed by atoms with E-state index < -0.39 is 5.97 Å². The van der Waals surface area contributed by atoms with Crippen molar-refractivity contribution in [1.82, 2.24) is 14.5 Å². The molecular weight excluding hydrogens is 402 g/mol. The van der Waals surface area contributed by atoms with Crippen LogP contribution >= 0.6 is 0 Å². The first kappa shape index (κ1) is 18.9. The summed E-state index contributed by atoms with van der Waals surface area (Å²) in [4.78, 5) is 23.9. The van der Waals surface area contributed by atoms with E-state index in [0.29, 0.717) is 5.69 Å². The number of nitrogens with zero attached hydrogens (tertiary/aromatic N) is 4. The van der Waals surface area contributed by atoms with Gasteiger partial charge in [0, 0.05) is 42.3 Å². The topological polar surface area (TPSA) is 83.3 Å².